The largest absolute Gasteiger partial charge is 0.465 e. The lowest BCUT2D eigenvalue weighted by molar-refractivity contribution is -0.115. The van der Waals surface area contributed by atoms with Gasteiger partial charge in [0.15, 0.2) is 0 Å². The number of anilines is 1. The van der Waals surface area contributed by atoms with Crippen LogP contribution in [0.5, 0.6) is 0 Å². The summed E-state index contributed by atoms with van der Waals surface area (Å²) in [5.41, 5.74) is 1.37. The number of methoxy groups -OCH3 is 1. The molecule has 1 N–H and O–H groups in total. The van der Waals surface area contributed by atoms with E-state index in [-0.39, 0.29) is 12.3 Å². The van der Waals surface area contributed by atoms with Crippen molar-refractivity contribution in [1.29, 1.82) is 0 Å². The number of ether oxygens (including phenoxy) is 1. The molecule has 0 aliphatic rings. The van der Waals surface area contributed by atoms with Crippen molar-refractivity contribution in [3.63, 3.8) is 0 Å². The number of amides is 1. The molecule has 0 spiro atoms. The molecule has 0 fully saturated rings. The number of halogens is 1. The normalized spacial score (nSPS) is 10.5. The Morgan fingerprint density at radius 1 is 1.28 bits per heavy atom. The van der Waals surface area contributed by atoms with E-state index in [9.17, 15) is 9.59 Å². The van der Waals surface area contributed by atoms with Crippen LogP contribution in [-0.2, 0) is 16.0 Å². The topological polar surface area (TPSA) is 68.3 Å². The molecule has 0 radical (unpaired) electrons. The number of aromatic nitrogens is 1. The van der Waals surface area contributed by atoms with Crippen molar-refractivity contribution in [3.05, 3.63) is 57.4 Å². The minimum atomic E-state index is -0.493. The predicted molar refractivity (Wildman–Crippen MR) is 101 cm³/mol. The van der Waals surface area contributed by atoms with Crippen molar-refractivity contribution in [2.24, 2.45) is 0 Å². The summed E-state index contributed by atoms with van der Waals surface area (Å²) in [5, 5.41) is 7.80. The van der Waals surface area contributed by atoms with Gasteiger partial charge in [0, 0.05) is 5.38 Å². The molecule has 0 aliphatic carbocycles. The zero-order valence-electron chi connectivity index (χ0n) is 13.1. The Balaban J connectivity index is 1.70. The quantitative estimate of drug-likeness (QED) is 0.649. The maximum atomic E-state index is 12.3. The van der Waals surface area contributed by atoms with Crippen molar-refractivity contribution in [3.8, 4) is 9.88 Å². The molecular weight excluding hydrogens is 380 g/mol. The number of nitrogens with zero attached hydrogens (tertiary/aromatic N) is 1. The van der Waals surface area contributed by atoms with Gasteiger partial charge in [0.25, 0.3) is 0 Å². The molecule has 2 heterocycles. The van der Waals surface area contributed by atoms with Crippen LogP contribution in [0.2, 0.25) is 5.02 Å². The second kappa shape index (κ2) is 7.77. The van der Waals surface area contributed by atoms with Gasteiger partial charge in [-0.25, -0.2) is 9.78 Å². The first kappa shape index (κ1) is 17.6. The van der Waals surface area contributed by atoms with Gasteiger partial charge >= 0.3 is 5.97 Å². The third-order valence-corrected chi connectivity index (χ3v) is 5.55. The van der Waals surface area contributed by atoms with Crippen LogP contribution in [0.25, 0.3) is 9.88 Å². The van der Waals surface area contributed by atoms with E-state index in [1.165, 1.54) is 30.6 Å². The zero-order chi connectivity index (χ0) is 17.8. The van der Waals surface area contributed by atoms with Gasteiger partial charge in [-0.2, -0.15) is 0 Å². The first-order valence-corrected chi connectivity index (χ1v) is 9.36. The summed E-state index contributed by atoms with van der Waals surface area (Å²) in [6.07, 6.45) is 0.126. The van der Waals surface area contributed by atoms with Crippen LogP contribution in [0.15, 0.2) is 41.1 Å². The molecule has 0 saturated carbocycles. The van der Waals surface area contributed by atoms with E-state index in [0.717, 1.165) is 9.88 Å². The van der Waals surface area contributed by atoms with Crippen LogP contribution in [0, 0.1) is 0 Å². The van der Waals surface area contributed by atoms with Gasteiger partial charge < -0.3 is 10.1 Å². The Labute approximate surface area is 157 Å². The van der Waals surface area contributed by atoms with Crippen molar-refractivity contribution in [1.82, 2.24) is 4.98 Å². The Morgan fingerprint density at radius 3 is 2.84 bits per heavy atom. The molecule has 0 atom stereocenters. The number of hydrogen-bond donors (Lipinski definition) is 1. The minimum Gasteiger partial charge on any atom is -0.465 e. The number of thiophene rings is 1. The number of esters is 1. The van der Waals surface area contributed by atoms with Crippen molar-refractivity contribution in [2.45, 2.75) is 6.42 Å². The summed E-state index contributed by atoms with van der Waals surface area (Å²) in [4.78, 5) is 29.4. The van der Waals surface area contributed by atoms with E-state index in [1.807, 2.05) is 22.9 Å². The van der Waals surface area contributed by atoms with Crippen LogP contribution in [-0.4, -0.2) is 24.0 Å². The highest BCUT2D eigenvalue weighted by Crippen LogP contribution is 2.28. The molecule has 128 valence electrons. The summed E-state index contributed by atoms with van der Waals surface area (Å²) in [6, 6.07) is 8.53. The molecule has 5 nitrogen and oxygen atoms in total. The number of thiazole rings is 1. The zero-order valence-corrected chi connectivity index (χ0v) is 15.5. The number of benzene rings is 1. The Bertz CT molecular complexity index is 907. The van der Waals surface area contributed by atoms with E-state index in [1.54, 1.807) is 17.4 Å². The molecule has 0 aliphatic heterocycles. The maximum absolute atomic E-state index is 12.3. The number of rotatable bonds is 5. The van der Waals surface area contributed by atoms with Crippen molar-refractivity contribution in [2.75, 3.05) is 12.4 Å². The highest BCUT2D eigenvalue weighted by molar-refractivity contribution is 7.20. The van der Waals surface area contributed by atoms with Gasteiger partial charge in [-0.1, -0.05) is 17.7 Å². The average Bonchev–Trinajstić information content (AvgIpc) is 3.27. The van der Waals surface area contributed by atoms with Gasteiger partial charge in [0.1, 0.15) is 5.01 Å². The fourth-order valence-electron chi connectivity index (χ4n) is 2.13. The van der Waals surface area contributed by atoms with E-state index < -0.39 is 5.97 Å². The molecule has 1 amide bonds. The van der Waals surface area contributed by atoms with Gasteiger partial charge in [-0.05, 0) is 29.6 Å². The van der Waals surface area contributed by atoms with Crippen LogP contribution in [0.1, 0.15) is 16.1 Å². The molecule has 25 heavy (non-hydrogen) atoms. The first-order valence-electron chi connectivity index (χ1n) is 7.23. The lowest BCUT2D eigenvalue weighted by atomic mass is 10.2. The minimum absolute atomic E-state index is 0.126. The number of carbonyl (C=O) groups is 2. The highest BCUT2D eigenvalue weighted by Gasteiger charge is 2.13. The fourth-order valence-corrected chi connectivity index (χ4v) is 3.93. The molecule has 1 aromatic carbocycles. The van der Waals surface area contributed by atoms with E-state index in [4.69, 9.17) is 11.6 Å². The standard InChI is InChI=1S/C17H13ClN2O3S2/c1-23-17(22)10-4-5-12(18)13(7-10)20-15(21)8-11-9-25-16(19-11)14-3-2-6-24-14/h2-7,9H,8H2,1H3,(H,20,21). The molecule has 0 saturated heterocycles. The van der Waals surface area contributed by atoms with Gasteiger partial charge in [0.05, 0.1) is 40.4 Å². The Hall–Kier alpha value is -2.22. The highest BCUT2D eigenvalue weighted by atomic mass is 35.5. The predicted octanol–water partition coefficient (Wildman–Crippen LogP) is 4.49. The van der Waals surface area contributed by atoms with Gasteiger partial charge in [-0.15, -0.1) is 22.7 Å². The lowest BCUT2D eigenvalue weighted by Crippen LogP contribution is -2.15. The van der Waals surface area contributed by atoms with Gasteiger partial charge in [0.2, 0.25) is 5.91 Å². The SMILES string of the molecule is COC(=O)c1ccc(Cl)c(NC(=O)Cc2csc(-c3cccs3)n2)c1. The van der Waals surface area contributed by atoms with Crippen LogP contribution < -0.4 is 5.32 Å². The average molecular weight is 393 g/mol. The first-order chi connectivity index (χ1) is 12.1. The number of nitrogens with one attached hydrogen (secondary N) is 1. The monoisotopic (exact) mass is 392 g/mol. The summed E-state index contributed by atoms with van der Waals surface area (Å²) < 4.78 is 4.67. The Kier molecular flexibility index (Phi) is 5.47. The lowest BCUT2D eigenvalue weighted by Gasteiger charge is -2.08. The molecule has 0 bridgehead atoms. The Morgan fingerprint density at radius 2 is 2.12 bits per heavy atom. The number of hydrogen-bond acceptors (Lipinski definition) is 6. The van der Waals surface area contributed by atoms with Crippen molar-refractivity contribution >= 4 is 51.8 Å². The smallest absolute Gasteiger partial charge is 0.337 e. The summed E-state index contributed by atoms with van der Waals surface area (Å²) in [6.45, 7) is 0. The van der Waals surface area contributed by atoms with E-state index in [0.29, 0.717) is 22.0 Å². The number of carbonyl (C=O) groups excluding carboxylic acids is 2. The molecular formula is C17H13ClN2O3S2. The summed E-state index contributed by atoms with van der Waals surface area (Å²) >= 11 is 9.19. The summed E-state index contributed by atoms with van der Waals surface area (Å²) in [5.74, 6) is -0.751. The molecule has 3 aromatic rings. The second-order valence-corrected chi connectivity index (χ2v) is 7.25. The second-order valence-electron chi connectivity index (χ2n) is 5.03. The van der Waals surface area contributed by atoms with Crippen LogP contribution in [0.3, 0.4) is 0 Å². The summed E-state index contributed by atoms with van der Waals surface area (Å²) in [7, 11) is 1.29. The molecule has 3 rings (SSSR count). The fraction of sp³-hybridized carbons (Fsp3) is 0.118. The maximum Gasteiger partial charge on any atom is 0.337 e. The van der Waals surface area contributed by atoms with Crippen LogP contribution >= 0.6 is 34.3 Å². The van der Waals surface area contributed by atoms with Crippen molar-refractivity contribution < 1.29 is 14.3 Å². The van der Waals surface area contributed by atoms with E-state index >= 15 is 0 Å². The third-order valence-electron chi connectivity index (χ3n) is 3.29. The molecule has 0 unspecified atom stereocenters. The molecule has 8 heteroatoms. The third kappa shape index (κ3) is 4.25. The van der Waals surface area contributed by atoms with Gasteiger partial charge in [-0.3, -0.25) is 4.79 Å². The molecule has 2 aromatic heterocycles. The van der Waals surface area contributed by atoms with Crippen LogP contribution in [0.4, 0.5) is 5.69 Å². The van der Waals surface area contributed by atoms with E-state index in [2.05, 4.69) is 15.0 Å².